The molecule has 0 saturated heterocycles. The molecule has 0 rings (SSSR count). The largest absolute Gasteiger partial charge is 0.472 e. The number of rotatable bonds is 65. The van der Waals surface area contributed by atoms with E-state index < -0.39 is 91.5 Å². The number of allylic oxidation sites excluding steroid dienone is 16. The average molecular weight is 1300 g/mol. The minimum atomic E-state index is -4.93. The lowest BCUT2D eigenvalue weighted by Gasteiger charge is -2.21. The van der Waals surface area contributed by atoms with Crippen LogP contribution in [-0.2, 0) is 55.8 Å². The number of phosphoric ester groups is 2. The number of hydrogen-bond acceptors (Lipinski definition) is 14. The SMILES string of the molecule is CC/C=C\C/C=C\C/C=C\C/C=C\C/C=C\CCCCCCCC(=O)OCC(O)COP(=O)(O)OCC(O)COP(=O)(O)OCC(COC(=O)CCCCCCCC/C=C\C/C=C\C/C=C\CCCCC)OC(=O)CCCCCCCCCCCCCCC. The Balaban J connectivity index is 4.65. The predicted octanol–water partition coefficient (Wildman–Crippen LogP) is 19.1. The van der Waals surface area contributed by atoms with Gasteiger partial charge in [-0.2, -0.15) is 0 Å². The van der Waals surface area contributed by atoms with Crippen molar-refractivity contribution in [3.63, 3.8) is 0 Å². The van der Waals surface area contributed by atoms with Crippen LogP contribution < -0.4 is 0 Å². The molecule has 0 aromatic carbocycles. The third-order valence-corrected chi connectivity index (χ3v) is 16.2. The summed E-state index contributed by atoms with van der Waals surface area (Å²) in [6.45, 7) is 2.50. The van der Waals surface area contributed by atoms with Crippen LogP contribution in [0.3, 0.4) is 0 Å². The Morgan fingerprint density at radius 3 is 0.966 bits per heavy atom. The summed E-state index contributed by atoms with van der Waals surface area (Å²) in [5, 5.41) is 20.5. The van der Waals surface area contributed by atoms with Gasteiger partial charge in [0.15, 0.2) is 6.10 Å². The van der Waals surface area contributed by atoms with Gasteiger partial charge in [-0.05, 0) is 103 Å². The molecule has 0 saturated carbocycles. The molecule has 89 heavy (non-hydrogen) atoms. The molecule has 5 unspecified atom stereocenters. The fourth-order valence-electron chi connectivity index (χ4n) is 9.02. The number of ether oxygens (including phenoxy) is 3. The Morgan fingerprint density at radius 1 is 0.326 bits per heavy atom. The second kappa shape index (κ2) is 64.6. The Hall–Kier alpha value is -3.53. The lowest BCUT2D eigenvalue weighted by molar-refractivity contribution is -0.161. The van der Waals surface area contributed by atoms with Gasteiger partial charge in [0.25, 0.3) is 0 Å². The van der Waals surface area contributed by atoms with Crippen molar-refractivity contribution in [1.82, 2.24) is 0 Å². The van der Waals surface area contributed by atoms with Crippen molar-refractivity contribution in [2.45, 2.75) is 296 Å². The minimum Gasteiger partial charge on any atom is -0.463 e. The predicted molar refractivity (Wildman–Crippen MR) is 362 cm³/mol. The number of carbonyl (C=O) groups is 3. The van der Waals surface area contributed by atoms with Crippen LogP contribution in [0.25, 0.3) is 0 Å². The third-order valence-electron chi connectivity index (χ3n) is 14.3. The number of phosphoric acid groups is 2. The molecule has 0 aliphatic rings. The van der Waals surface area contributed by atoms with E-state index in [9.17, 15) is 43.5 Å². The zero-order chi connectivity index (χ0) is 65.3. The first-order chi connectivity index (χ1) is 43.2. The van der Waals surface area contributed by atoms with E-state index in [1.54, 1.807) is 0 Å². The van der Waals surface area contributed by atoms with Gasteiger partial charge in [0.2, 0.25) is 0 Å². The van der Waals surface area contributed by atoms with E-state index in [1.807, 2.05) is 0 Å². The highest BCUT2D eigenvalue weighted by molar-refractivity contribution is 7.47. The van der Waals surface area contributed by atoms with Crippen LogP contribution in [0.5, 0.6) is 0 Å². The van der Waals surface area contributed by atoms with Crippen LogP contribution in [0, 0.1) is 0 Å². The van der Waals surface area contributed by atoms with Crippen LogP contribution in [0.1, 0.15) is 278 Å². The molecule has 5 atom stereocenters. The molecule has 18 heteroatoms. The third kappa shape index (κ3) is 65.8. The van der Waals surface area contributed by atoms with E-state index in [4.69, 9.17) is 32.3 Å². The van der Waals surface area contributed by atoms with Crippen molar-refractivity contribution < 1.29 is 75.8 Å². The molecule has 0 heterocycles. The van der Waals surface area contributed by atoms with Crippen LogP contribution in [0.15, 0.2) is 97.2 Å². The fraction of sp³-hybridized carbons (Fsp3) is 0.732. The van der Waals surface area contributed by atoms with E-state index in [1.165, 1.54) is 70.6 Å². The Bertz CT molecular complexity index is 2010. The molecule has 0 bridgehead atoms. The van der Waals surface area contributed by atoms with Crippen LogP contribution in [0.2, 0.25) is 0 Å². The Kier molecular flexibility index (Phi) is 62.0. The first-order valence-corrected chi connectivity index (χ1v) is 37.5. The van der Waals surface area contributed by atoms with Gasteiger partial charge in [-0.1, -0.05) is 253 Å². The number of aliphatic hydroxyl groups is 2. The smallest absolute Gasteiger partial charge is 0.463 e. The zero-order valence-electron chi connectivity index (χ0n) is 55.6. The molecule has 0 aliphatic carbocycles. The first-order valence-electron chi connectivity index (χ1n) is 34.5. The van der Waals surface area contributed by atoms with Crippen molar-refractivity contribution in [2.75, 3.05) is 39.6 Å². The second-order valence-electron chi connectivity index (χ2n) is 23.0. The van der Waals surface area contributed by atoms with Crippen molar-refractivity contribution in [3.05, 3.63) is 97.2 Å². The molecule has 16 nitrogen and oxygen atoms in total. The normalized spacial score (nSPS) is 14.8. The Morgan fingerprint density at radius 2 is 0.596 bits per heavy atom. The quantitative estimate of drug-likeness (QED) is 0.0146. The second-order valence-corrected chi connectivity index (χ2v) is 25.9. The number of esters is 3. The highest BCUT2D eigenvalue weighted by Crippen LogP contribution is 2.45. The molecule has 0 spiro atoms. The molecule has 0 aromatic rings. The van der Waals surface area contributed by atoms with Gasteiger partial charge in [-0.3, -0.25) is 32.5 Å². The maximum Gasteiger partial charge on any atom is 0.472 e. The highest BCUT2D eigenvalue weighted by Gasteiger charge is 2.29. The van der Waals surface area contributed by atoms with E-state index in [-0.39, 0.29) is 19.3 Å². The molecule has 0 fully saturated rings. The first kappa shape index (κ1) is 85.5. The molecule has 0 amide bonds. The van der Waals surface area contributed by atoms with Crippen molar-refractivity contribution in [3.8, 4) is 0 Å². The van der Waals surface area contributed by atoms with Crippen LogP contribution >= 0.6 is 15.6 Å². The molecule has 4 N–H and O–H groups in total. The summed E-state index contributed by atoms with van der Waals surface area (Å²) in [6, 6.07) is 0. The van der Waals surface area contributed by atoms with E-state index in [0.29, 0.717) is 19.3 Å². The van der Waals surface area contributed by atoms with Gasteiger partial charge in [0, 0.05) is 19.3 Å². The van der Waals surface area contributed by atoms with E-state index in [2.05, 4.69) is 118 Å². The summed E-state index contributed by atoms with van der Waals surface area (Å²) in [5.41, 5.74) is 0. The number of unbranched alkanes of at least 4 members (excludes halogenated alkanes) is 26. The van der Waals surface area contributed by atoms with Crippen molar-refractivity contribution in [1.29, 1.82) is 0 Å². The molecular formula is C71H124O16P2. The van der Waals surface area contributed by atoms with Gasteiger partial charge in [-0.25, -0.2) is 9.13 Å². The van der Waals surface area contributed by atoms with Gasteiger partial charge < -0.3 is 34.2 Å². The summed E-state index contributed by atoms with van der Waals surface area (Å²) in [6.07, 6.45) is 70.2. The number of hydrogen-bond donors (Lipinski definition) is 4. The van der Waals surface area contributed by atoms with Crippen LogP contribution in [-0.4, -0.2) is 95.9 Å². The molecule has 0 radical (unpaired) electrons. The molecule has 0 aliphatic heterocycles. The highest BCUT2D eigenvalue weighted by atomic mass is 31.2. The topological polar surface area (TPSA) is 231 Å². The zero-order valence-corrected chi connectivity index (χ0v) is 57.4. The van der Waals surface area contributed by atoms with Gasteiger partial charge >= 0.3 is 33.6 Å². The summed E-state index contributed by atoms with van der Waals surface area (Å²) in [7, 11) is -9.78. The summed E-state index contributed by atoms with van der Waals surface area (Å²) >= 11 is 0. The van der Waals surface area contributed by atoms with E-state index in [0.717, 1.165) is 148 Å². The van der Waals surface area contributed by atoms with Gasteiger partial charge in [0.1, 0.15) is 25.4 Å². The van der Waals surface area contributed by atoms with Gasteiger partial charge in [-0.15, -0.1) is 0 Å². The van der Waals surface area contributed by atoms with Crippen molar-refractivity contribution in [2.24, 2.45) is 0 Å². The maximum absolute atomic E-state index is 12.9. The number of carbonyl (C=O) groups excluding carboxylic acids is 3. The molecule has 514 valence electrons. The average Bonchev–Trinajstić information content (AvgIpc) is 3.55. The molecule has 0 aromatic heterocycles. The van der Waals surface area contributed by atoms with E-state index >= 15 is 0 Å². The van der Waals surface area contributed by atoms with Gasteiger partial charge in [0.05, 0.1) is 26.4 Å². The monoisotopic (exact) mass is 1290 g/mol. The standard InChI is InChI=1S/C71H124O16P2/c1-4-7-10-13-16-19-22-25-27-29-31-32-34-36-37-40-42-45-48-51-54-57-69(74)81-60-66(72)61-83-88(77,78)84-62-67(73)63-85-89(79,80)86-65-68(87-71(76)59-56-53-50-47-44-39-24-21-18-15-12-9-6-3)64-82-70(75)58-55-52-49-46-43-41-38-35-33-30-28-26-23-20-17-14-11-8-5-2/h7,10,16-17,19-20,25-28,31-33,35-37,66-68,72-73H,4-6,8-9,11-15,18,21-24,29-30,34,38-65H2,1-3H3,(H,77,78)(H,79,80)/b10-7-,19-16-,20-17-,27-25-,28-26-,32-31-,35-33-,37-36-. The summed E-state index contributed by atoms with van der Waals surface area (Å²) < 4.78 is 60.9. The Labute approximate surface area is 539 Å². The minimum absolute atomic E-state index is 0.104. The van der Waals surface area contributed by atoms with Crippen molar-refractivity contribution >= 4 is 33.6 Å². The molecular weight excluding hydrogens is 1170 g/mol. The fourth-order valence-corrected chi connectivity index (χ4v) is 10.6. The summed E-state index contributed by atoms with van der Waals surface area (Å²) in [5.74, 6) is -1.60. The maximum atomic E-state index is 12.9. The van der Waals surface area contributed by atoms with Crippen LogP contribution in [0.4, 0.5) is 0 Å². The number of aliphatic hydroxyl groups excluding tert-OH is 2. The summed E-state index contributed by atoms with van der Waals surface area (Å²) in [4.78, 5) is 58.4. The lowest BCUT2D eigenvalue weighted by Crippen LogP contribution is -2.30. The lowest BCUT2D eigenvalue weighted by atomic mass is 10.0.